The first-order valence-corrected chi connectivity index (χ1v) is 7.28. The van der Waals surface area contributed by atoms with Crippen LogP contribution >= 0.6 is 0 Å². The molecule has 0 amide bonds. The van der Waals surface area contributed by atoms with Gasteiger partial charge in [0.1, 0.15) is 0 Å². The van der Waals surface area contributed by atoms with E-state index in [0.29, 0.717) is 37.3 Å². The standard InChI is InChI=1S/C16H20N2O6/c19-11-3-1-9(13(21)15(11)23)7-17-5-6-18-8-10-2-4-12(20)16(24)14(10)22/h1-4,17-24H,5-8H2. The normalized spacial score (nSPS) is 10.8. The van der Waals surface area contributed by atoms with Crippen LogP contribution in [0.1, 0.15) is 11.1 Å². The van der Waals surface area contributed by atoms with E-state index in [2.05, 4.69) is 10.6 Å². The molecule has 0 saturated carbocycles. The molecule has 0 unspecified atom stereocenters. The molecular formula is C16H20N2O6. The summed E-state index contributed by atoms with van der Waals surface area (Å²) in [4.78, 5) is 0. The minimum atomic E-state index is -0.546. The van der Waals surface area contributed by atoms with Crippen molar-refractivity contribution in [3.63, 3.8) is 0 Å². The molecule has 0 aliphatic heterocycles. The van der Waals surface area contributed by atoms with Gasteiger partial charge in [-0.2, -0.15) is 0 Å². The van der Waals surface area contributed by atoms with Gasteiger partial charge in [0.2, 0.25) is 11.5 Å². The maximum atomic E-state index is 9.67. The molecule has 2 rings (SSSR count). The summed E-state index contributed by atoms with van der Waals surface area (Å²) in [5.74, 6) is -2.57. The molecule has 0 spiro atoms. The van der Waals surface area contributed by atoms with Gasteiger partial charge in [0.25, 0.3) is 0 Å². The number of hydrogen-bond donors (Lipinski definition) is 8. The molecule has 8 nitrogen and oxygen atoms in total. The predicted molar refractivity (Wildman–Crippen MR) is 86.3 cm³/mol. The van der Waals surface area contributed by atoms with Crippen LogP contribution in [0.3, 0.4) is 0 Å². The average Bonchev–Trinajstić information content (AvgIpc) is 2.57. The molecule has 8 N–H and O–H groups in total. The molecule has 0 heterocycles. The van der Waals surface area contributed by atoms with E-state index < -0.39 is 11.5 Å². The maximum Gasteiger partial charge on any atom is 0.200 e. The molecule has 130 valence electrons. The molecule has 0 atom stereocenters. The monoisotopic (exact) mass is 336 g/mol. The molecule has 2 aromatic rings. The van der Waals surface area contributed by atoms with Crippen molar-refractivity contribution in [2.24, 2.45) is 0 Å². The van der Waals surface area contributed by atoms with Crippen LogP contribution in [0, 0.1) is 0 Å². The van der Waals surface area contributed by atoms with E-state index in [1.54, 1.807) is 0 Å². The Morgan fingerprint density at radius 2 is 0.917 bits per heavy atom. The van der Waals surface area contributed by atoms with Crippen molar-refractivity contribution in [2.45, 2.75) is 13.1 Å². The molecule has 0 radical (unpaired) electrons. The van der Waals surface area contributed by atoms with E-state index in [1.165, 1.54) is 24.3 Å². The second-order valence-electron chi connectivity index (χ2n) is 5.24. The summed E-state index contributed by atoms with van der Waals surface area (Å²) in [6.45, 7) is 1.66. The van der Waals surface area contributed by atoms with Gasteiger partial charge in [0, 0.05) is 37.3 Å². The second kappa shape index (κ2) is 7.62. The highest BCUT2D eigenvalue weighted by Gasteiger charge is 2.11. The van der Waals surface area contributed by atoms with Gasteiger partial charge in [-0.25, -0.2) is 0 Å². The molecule has 0 fully saturated rings. The first kappa shape index (κ1) is 17.5. The average molecular weight is 336 g/mol. The van der Waals surface area contributed by atoms with Crippen LogP contribution in [0.4, 0.5) is 0 Å². The minimum Gasteiger partial charge on any atom is -0.504 e. The fourth-order valence-electron chi connectivity index (χ4n) is 2.13. The van der Waals surface area contributed by atoms with Crippen LogP contribution in [0.25, 0.3) is 0 Å². The Kier molecular flexibility index (Phi) is 5.56. The Hall–Kier alpha value is -2.84. The lowest BCUT2D eigenvalue weighted by atomic mass is 10.1. The second-order valence-corrected chi connectivity index (χ2v) is 5.24. The van der Waals surface area contributed by atoms with Crippen molar-refractivity contribution in [1.82, 2.24) is 10.6 Å². The molecule has 24 heavy (non-hydrogen) atoms. The summed E-state index contributed by atoms with van der Waals surface area (Å²) in [7, 11) is 0. The van der Waals surface area contributed by atoms with Crippen molar-refractivity contribution in [3.05, 3.63) is 35.4 Å². The van der Waals surface area contributed by atoms with E-state index in [0.717, 1.165) is 0 Å². The van der Waals surface area contributed by atoms with Crippen molar-refractivity contribution in [1.29, 1.82) is 0 Å². The zero-order chi connectivity index (χ0) is 17.7. The third kappa shape index (κ3) is 3.92. The van der Waals surface area contributed by atoms with Crippen molar-refractivity contribution >= 4 is 0 Å². The Labute approximate surface area is 138 Å². The zero-order valence-corrected chi connectivity index (χ0v) is 12.8. The van der Waals surface area contributed by atoms with E-state index in [9.17, 15) is 30.6 Å². The fourth-order valence-corrected chi connectivity index (χ4v) is 2.13. The van der Waals surface area contributed by atoms with E-state index in [-0.39, 0.29) is 23.0 Å². The molecule has 0 saturated heterocycles. The van der Waals surface area contributed by atoms with Gasteiger partial charge in [0.15, 0.2) is 23.0 Å². The SMILES string of the molecule is Oc1ccc(CNCCNCc2ccc(O)c(O)c2O)c(O)c1O. The summed E-state index contributed by atoms with van der Waals surface area (Å²) in [6, 6.07) is 5.60. The molecule has 0 aliphatic carbocycles. The lowest BCUT2D eigenvalue weighted by molar-refractivity contribution is 0.363. The summed E-state index contributed by atoms with van der Waals surface area (Å²) in [6.07, 6.45) is 0. The van der Waals surface area contributed by atoms with Gasteiger partial charge in [-0.15, -0.1) is 0 Å². The Bertz CT molecular complexity index is 659. The molecule has 0 aliphatic rings. The predicted octanol–water partition coefficient (Wildman–Crippen LogP) is 0.800. The Morgan fingerprint density at radius 1 is 0.542 bits per heavy atom. The molecule has 0 bridgehead atoms. The lowest BCUT2D eigenvalue weighted by Crippen LogP contribution is -2.26. The van der Waals surface area contributed by atoms with Crippen LogP contribution < -0.4 is 10.6 Å². The Balaban J connectivity index is 1.75. The summed E-state index contributed by atoms with van der Waals surface area (Å²) >= 11 is 0. The lowest BCUT2D eigenvalue weighted by Gasteiger charge is -2.11. The third-order valence-corrected chi connectivity index (χ3v) is 3.54. The first-order valence-electron chi connectivity index (χ1n) is 7.28. The highest BCUT2D eigenvalue weighted by molar-refractivity contribution is 5.53. The quantitative estimate of drug-likeness (QED) is 0.274. The number of phenols is 6. The van der Waals surface area contributed by atoms with Gasteiger partial charge in [-0.1, -0.05) is 12.1 Å². The number of aromatic hydroxyl groups is 6. The summed E-state index contributed by atoms with van der Waals surface area (Å²) in [5.41, 5.74) is 0.901. The number of benzene rings is 2. The maximum absolute atomic E-state index is 9.67. The van der Waals surface area contributed by atoms with E-state index in [1.807, 2.05) is 0 Å². The highest BCUT2D eigenvalue weighted by atomic mass is 16.3. The largest absolute Gasteiger partial charge is 0.504 e. The van der Waals surface area contributed by atoms with Crippen LogP contribution in [0.15, 0.2) is 24.3 Å². The first-order chi connectivity index (χ1) is 11.4. The molecular weight excluding hydrogens is 316 g/mol. The van der Waals surface area contributed by atoms with Gasteiger partial charge in [-0.3, -0.25) is 0 Å². The topological polar surface area (TPSA) is 145 Å². The van der Waals surface area contributed by atoms with Gasteiger partial charge in [0.05, 0.1) is 0 Å². The fraction of sp³-hybridized carbons (Fsp3) is 0.250. The van der Waals surface area contributed by atoms with Crippen molar-refractivity contribution in [3.8, 4) is 34.5 Å². The van der Waals surface area contributed by atoms with Crippen molar-refractivity contribution < 1.29 is 30.6 Å². The van der Waals surface area contributed by atoms with Crippen molar-refractivity contribution in [2.75, 3.05) is 13.1 Å². The zero-order valence-electron chi connectivity index (χ0n) is 12.8. The van der Waals surface area contributed by atoms with E-state index in [4.69, 9.17) is 0 Å². The minimum absolute atomic E-state index is 0.298. The summed E-state index contributed by atoms with van der Waals surface area (Å²) in [5, 5.41) is 62.7. The van der Waals surface area contributed by atoms with Gasteiger partial charge >= 0.3 is 0 Å². The van der Waals surface area contributed by atoms with Gasteiger partial charge in [-0.05, 0) is 12.1 Å². The number of hydrogen-bond acceptors (Lipinski definition) is 8. The molecule has 2 aromatic carbocycles. The van der Waals surface area contributed by atoms with E-state index >= 15 is 0 Å². The number of nitrogens with one attached hydrogen (secondary N) is 2. The summed E-state index contributed by atoms with van der Waals surface area (Å²) < 4.78 is 0. The van der Waals surface area contributed by atoms with Crippen LogP contribution in [-0.4, -0.2) is 43.7 Å². The number of phenolic OH excluding ortho intramolecular Hbond substituents is 6. The van der Waals surface area contributed by atoms with Crippen LogP contribution in [0.2, 0.25) is 0 Å². The van der Waals surface area contributed by atoms with Crippen LogP contribution in [0.5, 0.6) is 34.5 Å². The smallest absolute Gasteiger partial charge is 0.200 e. The third-order valence-electron chi connectivity index (χ3n) is 3.54. The van der Waals surface area contributed by atoms with Crippen LogP contribution in [-0.2, 0) is 13.1 Å². The van der Waals surface area contributed by atoms with Gasteiger partial charge < -0.3 is 41.3 Å². The molecule has 8 heteroatoms. The Morgan fingerprint density at radius 3 is 1.29 bits per heavy atom. The highest BCUT2D eigenvalue weighted by Crippen LogP contribution is 2.37. The number of rotatable bonds is 7. The molecule has 0 aromatic heterocycles.